The minimum Gasteiger partial charge on any atom is -0.398 e. The zero-order valence-electron chi connectivity index (χ0n) is 11.6. The maximum absolute atomic E-state index is 12.8. The molecule has 0 saturated carbocycles. The molecule has 0 amide bonds. The standard InChI is InChI=1S/C16H17F3N2/c1-11(9-12-5-3-2-4-6-12)21-13-7-8-15(20)14(10-13)16(17,18)19/h2-8,10-11,21H,9,20H2,1H3. The fourth-order valence-corrected chi connectivity index (χ4v) is 2.19. The largest absolute Gasteiger partial charge is 0.418 e. The number of alkyl halides is 3. The third kappa shape index (κ3) is 4.15. The molecule has 0 spiro atoms. The highest BCUT2D eigenvalue weighted by molar-refractivity contribution is 5.58. The average molecular weight is 294 g/mol. The molecule has 0 aliphatic heterocycles. The molecule has 0 radical (unpaired) electrons. The highest BCUT2D eigenvalue weighted by Crippen LogP contribution is 2.35. The van der Waals surface area contributed by atoms with Crippen molar-refractivity contribution in [3.63, 3.8) is 0 Å². The predicted octanol–water partition coefficient (Wildman–Crippen LogP) is 4.33. The smallest absolute Gasteiger partial charge is 0.398 e. The lowest BCUT2D eigenvalue weighted by molar-refractivity contribution is -0.136. The molecule has 1 atom stereocenters. The van der Waals surface area contributed by atoms with E-state index in [-0.39, 0.29) is 11.7 Å². The Morgan fingerprint density at radius 3 is 2.38 bits per heavy atom. The highest BCUT2D eigenvalue weighted by Gasteiger charge is 2.33. The second-order valence-corrected chi connectivity index (χ2v) is 5.03. The number of rotatable bonds is 4. The first-order valence-corrected chi connectivity index (χ1v) is 6.63. The van der Waals surface area contributed by atoms with Gasteiger partial charge in [-0.1, -0.05) is 30.3 Å². The van der Waals surface area contributed by atoms with Gasteiger partial charge in [0.05, 0.1) is 5.56 Å². The lowest BCUT2D eigenvalue weighted by Gasteiger charge is -2.17. The predicted molar refractivity (Wildman–Crippen MR) is 79.1 cm³/mol. The minimum atomic E-state index is -4.44. The number of halogens is 3. The number of nitrogen functional groups attached to an aromatic ring is 1. The van der Waals surface area contributed by atoms with Crippen LogP contribution >= 0.6 is 0 Å². The Labute approximate surface area is 121 Å². The van der Waals surface area contributed by atoms with Gasteiger partial charge in [0.2, 0.25) is 0 Å². The summed E-state index contributed by atoms with van der Waals surface area (Å²) in [6.07, 6.45) is -3.71. The SMILES string of the molecule is CC(Cc1ccccc1)Nc1ccc(N)c(C(F)(F)F)c1. The molecular weight excluding hydrogens is 277 g/mol. The molecule has 5 heteroatoms. The number of nitrogens with one attached hydrogen (secondary N) is 1. The molecule has 0 bridgehead atoms. The topological polar surface area (TPSA) is 38.0 Å². The molecule has 1 unspecified atom stereocenters. The Bertz CT molecular complexity index is 594. The van der Waals surface area contributed by atoms with Crippen molar-refractivity contribution in [1.29, 1.82) is 0 Å². The van der Waals surface area contributed by atoms with Crippen LogP contribution in [0.5, 0.6) is 0 Å². The first-order chi connectivity index (χ1) is 9.86. The van der Waals surface area contributed by atoms with E-state index in [0.717, 1.165) is 18.1 Å². The third-order valence-corrected chi connectivity index (χ3v) is 3.16. The Hall–Kier alpha value is -2.17. The maximum atomic E-state index is 12.8. The van der Waals surface area contributed by atoms with Crippen LogP contribution < -0.4 is 11.1 Å². The van der Waals surface area contributed by atoms with Crippen molar-refractivity contribution in [3.8, 4) is 0 Å². The van der Waals surface area contributed by atoms with Crippen LogP contribution in [-0.2, 0) is 12.6 Å². The van der Waals surface area contributed by atoms with Crippen LogP contribution in [0.1, 0.15) is 18.1 Å². The highest BCUT2D eigenvalue weighted by atomic mass is 19.4. The third-order valence-electron chi connectivity index (χ3n) is 3.16. The van der Waals surface area contributed by atoms with E-state index in [1.165, 1.54) is 6.07 Å². The van der Waals surface area contributed by atoms with Crippen molar-refractivity contribution in [2.45, 2.75) is 25.6 Å². The number of hydrogen-bond acceptors (Lipinski definition) is 2. The van der Waals surface area contributed by atoms with E-state index in [1.807, 2.05) is 37.3 Å². The van der Waals surface area contributed by atoms with E-state index < -0.39 is 11.7 Å². The van der Waals surface area contributed by atoms with Gasteiger partial charge in [-0.2, -0.15) is 13.2 Å². The van der Waals surface area contributed by atoms with E-state index in [4.69, 9.17) is 5.73 Å². The molecular formula is C16H17F3N2. The Morgan fingerprint density at radius 2 is 1.76 bits per heavy atom. The summed E-state index contributed by atoms with van der Waals surface area (Å²) in [6.45, 7) is 1.93. The molecule has 2 aromatic carbocycles. The van der Waals surface area contributed by atoms with Crippen molar-refractivity contribution < 1.29 is 13.2 Å². The molecule has 0 aliphatic carbocycles. The molecule has 2 aromatic rings. The van der Waals surface area contributed by atoms with Crippen molar-refractivity contribution in [3.05, 3.63) is 59.7 Å². The van der Waals surface area contributed by atoms with Crippen LogP contribution in [0.3, 0.4) is 0 Å². The van der Waals surface area contributed by atoms with Crippen molar-refractivity contribution in [2.75, 3.05) is 11.1 Å². The van der Waals surface area contributed by atoms with Gasteiger partial charge in [0.15, 0.2) is 0 Å². The van der Waals surface area contributed by atoms with Gasteiger partial charge >= 0.3 is 6.18 Å². The van der Waals surface area contributed by atoms with Gasteiger partial charge in [0, 0.05) is 17.4 Å². The second-order valence-electron chi connectivity index (χ2n) is 5.03. The summed E-state index contributed by atoms with van der Waals surface area (Å²) in [5.74, 6) is 0. The maximum Gasteiger partial charge on any atom is 0.418 e. The summed E-state index contributed by atoms with van der Waals surface area (Å²) in [6, 6.07) is 13.7. The summed E-state index contributed by atoms with van der Waals surface area (Å²) in [5, 5.41) is 3.07. The molecule has 21 heavy (non-hydrogen) atoms. The average Bonchev–Trinajstić information content (AvgIpc) is 2.41. The Balaban J connectivity index is 2.09. The summed E-state index contributed by atoms with van der Waals surface area (Å²) in [5.41, 5.74) is 5.86. The lowest BCUT2D eigenvalue weighted by Crippen LogP contribution is -2.19. The van der Waals surface area contributed by atoms with Gasteiger partial charge in [0.1, 0.15) is 0 Å². The number of anilines is 2. The molecule has 0 fully saturated rings. The van der Waals surface area contributed by atoms with Crippen LogP contribution in [-0.4, -0.2) is 6.04 Å². The van der Waals surface area contributed by atoms with E-state index in [2.05, 4.69) is 5.32 Å². The lowest BCUT2D eigenvalue weighted by atomic mass is 10.1. The number of benzene rings is 2. The van der Waals surface area contributed by atoms with Crippen LogP contribution in [0.15, 0.2) is 48.5 Å². The number of hydrogen-bond donors (Lipinski definition) is 2. The summed E-state index contributed by atoms with van der Waals surface area (Å²) >= 11 is 0. The molecule has 0 saturated heterocycles. The molecule has 2 nitrogen and oxygen atoms in total. The van der Waals surface area contributed by atoms with E-state index in [1.54, 1.807) is 6.07 Å². The molecule has 0 aliphatic rings. The summed E-state index contributed by atoms with van der Waals surface area (Å²) < 4.78 is 38.4. The Morgan fingerprint density at radius 1 is 1.10 bits per heavy atom. The van der Waals surface area contributed by atoms with Crippen molar-refractivity contribution in [2.24, 2.45) is 0 Å². The first kappa shape index (κ1) is 15.2. The summed E-state index contributed by atoms with van der Waals surface area (Å²) in [4.78, 5) is 0. The Kier molecular flexibility index (Phi) is 4.40. The first-order valence-electron chi connectivity index (χ1n) is 6.63. The van der Waals surface area contributed by atoms with E-state index in [0.29, 0.717) is 5.69 Å². The molecule has 0 aromatic heterocycles. The molecule has 112 valence electrons. The van der Waals surface area contributed by atoms with Crippen LogP contribution in [0.25, 0.3) is 0 Å². The van der Waals surface area contributed by atoms with Crippen molar-refractivity contribution >= 4 is 11.4 Å². The van der Waals surface area contributed by atoms with Gasteiger partial charge in [-0.25, -0.2) is 0 Å². The number of nitrogens with two attached hydrogens (primary N) is 1. The fraction of sp³-hybridized carbons (Fsp3) is 0.250. The second kappa shape index (κ2) is 6.08. The molecule has 3 N–H and O–H groups in total. The zero-order valence-corrected chi connectivity index (χ0v) is 11.6. The van der Waals surface area contributed by atoms with E-state index in [9.17, 15) is 13.2 Å². The minimum absolute atomic E-state index is 0.0112. The fourth-order valence-electron chi connectivity index (χ4n) is 2.19. The van der Waals surface area contributed by atoms with Crippen LogP contribution in [0.2, 0.25) is 0 Å². The quantitative estimate of drug-likeness (QED) is 0.824. The van der Waals surface area contributed by atoms with E-state index >= 15 is 0 Å². The normalized spacial score (nSPS) is 13.0. The summed E-state index contributed by atoms with van der Waals surface area (Å²) in [7, 11) is 0. The molecule has 0 heterocycles. The molecule has 2 rings (SSSR count). The van der Waals surface area contributed by atoms with Gasteiger partial charge < -0.3 is 11.1 Å². The van der Waals surface area contributed by atoms with Gasteiger partial charge in [-0.15, -0.1) is 0 Å². The van der Waals surface area contributed by atoms with Crippen LogP contribution in [0, 0.1) is 0 Å². The zero-order chi connectivity index (χ0) is 15.5. The monoisotopic (exact) mass is 294 g/mol. The van der Waals surface area contributed by atoms with Crippen LogP contribution in [0.4, 0.5) is 24.5 Å². The van der Waals surface area contributed by atoms with Crippen molar-refractivity contribution in [1.82, 2.24) is 0 Å². The van der Waals surface area contributed by atoms with Gasteiger partial charge in [-0.3, -0.25) is 0 Å². The van der Waals surface area contributed by atoms with Gasteiger partial charge in [0.25, 0.3) is 0 Å². The van der Waals surface area contributed by atoms with Gasteiger partial charge in [-0.05, 0) is 37.1 Å².